The van der Waals surface area contributed by atoms with Gasteiger partial charge in [-0.05, 0) is 24.6 Å². The van der Waals surface area contributed by atoms with E-state index >= 15 is 0 Å². The van der Waals surface area contributed by atoms with E-state index in [0.29, 0.717) is 15.6 Å². The topological polar surface area (TPSA) is 37.3 Å². The fourth-order valence-electron chi connectivity index (χ4n) is 1.07. The Bertz CT molecular complexity index is 399. The lowest BCUT2D eigenvalue weighted by molar-refractivity contribution is -0.131. The maximum atomic E-state index is 13.3. The summed E-state index contributed by atoms with van der Waals surface area (Å²) in [4.78, 5) is 10.4. The number of carbonyl (C=O) groups is 1. The summed E-state index contributed by atoms with van der Waals surface area (Å²) in [5.74, 6) is -1.51. The van der Waals surface area contributed by atoms with Gasteiger partial charge < -0.3 is 5.11 Å². The minimum Gasteiger partial charge on any atom is -0.478 e. The number of carboxylic acids is 1. The van der Waals surface area contributed by atoms with Gasteiger partial charge in [0.2, 0.25) is 0 Å². The Morgan fingerprint density at radius 1 is 1.57 bits per heavy atom. The molecule has 0 aromatic heterocycles. The molecule has 0 unspecified atom stereocenters. The van der Waals surface area contributed by atoms with E-state index < -0.39 is 11.8 Å². The summed E-state index contributed by atoms with van der Waals surface area (Å²) in [6.07, 6.45) is 0.978. The van der Waals surface area contributed by atoms with Crippen molar-refractivity contribution >= 4 is 27.5 Å². The Balaban J connectivity index is 3.14. The first-order chi connectivity index (χ1) is 6.50. The third kappa shape index (κ3) is 2.67. The van der Waals surface area contributed by atoms with Gasteiger partial charge in [-0.3, -0.25) is 0 Å². The zero-order valence-corrected chi connectivity index (χ0v) is 9.01. The van der Waals surface area contributed by atoms with Gasteiger partial charge in [0, 0.05) is 16.1 Å². The van der Waals surface area contributed by atoms with Crippen LogP contribution in [0.5, 0.6) is 0 Å². The van der Waals surface area contributed by atoms with Crippen molar-refractivity contribution in [3.05, 3.63) is 40.1 Å². The maximum Gasteiger partial charge on any atom is 0.328 e. The van der Waals surface area contributed by atoms with Gasteiger partial charge in [-0.15, -0.1) is 0 Å². The SMILES string of the molecule is C/C(=C/C(=O)O)c1ccc(Br)cc1F. The quantitative estimate of drug-likeness (QED) is 0.828. The lowest BCUT2D eigenvalue weighted by atomic mass is 10.1. The molecule has 0 fully saturated rings. The Kier molecular flexibility index (Phi) is 3.41. The third-order valence-corrected chi connectivity index (χ3v) is 2.19. The Hall–Kier alpha value is -1.16. The zero-order valence-electron chi connectivity index (χ0n) is 7.42. The highest BCUT2D eigenvalue weighted by Crippen LogP contribution is 2.21. The van der Waals surface area contributed by atoms with Gasteiger partial charge in [0.05, 0.1) is 0 Å². The van der Waals surface area contributed by atoms with Crippen molar-refractivity contribution in [2.45, 2.75) is 6.92 Å². The summed E-state index contributed by atoms with van der Waals surface area (Å²) in [5, 5.41) is 8.48. The molecule has 0 bridgehead atoms. The van der Waals surface area contributed by atoms with Crippen LogP contribution in [0, 0.1) is 5.82 Å². The molecular formula is C10H8BrFO2. The largest absolute Gasteiger partial charge is 0.478 e. The van der Waals surface area contributed by atoms with Crippen LogP contribution in [0.3, 0.4) is 0 Å². The van der Waals surface area contributed by atoms with E-state index in [2.05, 4.69) is 15.9 Å². The molecule has 0 saturated carbocycles. The van der Waals surface area contributed by atoms with E-state index in [1.54, 1.807) is 13.0 Å². The molecule has 0 radical (unpaired) electrons. The number of hydrogen-bond acceptors (Lipinski definition) is 1. The number of halogens is 2. The normalized spacial score (nSPS) is 11.5. The molecule has 0 atom stereocenters. The highest BCUT2D eigenvalue weighted by Gasteiger charge is 2.05. The van der Waals surface area contributed by atoms with Gasteiger partial charge in [0.15, 0.2) is 0 Å². The first-order valence-electron chi connectivity index (χ1n) is 3.87. The molecule has 1 rings (SSSR count). The molecule has 0 amide bonds. The first-order valence-corrected chi connectivity index (χ1v) is 4.66. The first kappa shape index (κ1) is 10.9. The van der Waals surface area contributed by atoms with E-state index in [0.717, 1.165) is 6.08 Å². The number of benzene rings is 1. The molecule has 2 nitrogen and oxygen atoms in total. The molecule has 1 aromatic carbocycles. The number of hydrogen-bond donors (Lipinski definition) is 1. The smallest absolute Gasteiger partial charge is 0.328 e. The van der Waals surface area contributed by atoms with Crippen molar-refractivity contribution in [3.63, 3.8) is 0 Å². The van der Waals surface area contributed by atoms with E-state index in [9.17, 15) is 9.18 Å². The van der Waals surface area contributed by atoms with Crippen molar-refractivity contribution in [1.29, 1.82) is 0 Å². The van der Waals surface area contributed by atoms with Gasteiger partial charge in [-0.2, -0.15) is 0 Å². The van der Waals surface area contributed by atoms with E-state index in [1.807, 2.05) is 0 Å². The van der Waals surface area contributed by atoms with Crippen LogP contribution in [0.2, 0.25) is 0 Å². The molecule has 4 heteroatoms. The number of aliphatic carboxylic acids is 1. The summed E-state index contributed by atoms with van der Waals surface area (Å²) in [7, 11) is 0. The molecule has 0 saturated heterocycles. The lowest BCUT2D eigenvalue weighted by Gasteiger charge is -2.02. The second-order valence-corrected chi connectivity index (χ2v) is 3.71. The molecule has 1 N–H and O–H groups in total. The average molecular weight is 259 g/mol. The molecule has 0 aliphatic heterocycles. The van der Waals surface area contributed by atoms with E-state index in [1.165, 1.54) is 12.1 Å². The van der Waals surface area contributed by atoms with E-state index in [-0.39, 0.29) is 0 Å². The standard InChI is InChI=1S/C10H8BrFO2/c1-6(4-10(13)14)8-3-2-7(11)5-9(8)12/h2-5H,1H3,(H,13,14)/b6-4-. The Morgan fingerprint density at radius 3 is 2.71 bits per heavy atom. The van der Waals surface area contributed by atoms with Crippen molar-refractivity contribution in [2.24, 2.45) is 0 Å². The lowest BCUT2D eigenvalue weighted by Crippen LogP contribution is -1.92. The number of rotatable bonds is 2. The highest BCUT2D eigenvalue weighted by atomic mass is 79.9. The van der Waals surface area contributed by atoms with Crippen molar-refractivity contribution in [3.8, 4) is 0 Å². The third-order valence-electron chi connectivity index (χ3n) is 1.70. The van der Waals surface area contributed by atoms with Crippen LogP contribution < -0.4 is 0 Å². The second-order valence-electron chi connectivity index (χ2n) is 2.79. The molecule has 0 aliphatic rings. The minimum absolute atomic E-state index is 0.301. The predicted octanol–water partition coefficient (Wildman–Crippen LogP) is 3.08. The van der Waals surface area contributed by atoms with Crippen LogP contribution in [-0.2, 0) is 4.79 Å². The molecule has 14 heavy (non-hydrogen) atoms. The predicted molar refractivity (Wildman–Crippen MR) is 55.4 cm³/mol. The Morgan fingerprint density at radius 2 is 2.21 bits per heavy atom. The fourth-order valence-corrected chi connectivity index (χ4v) is 1.41. The van der Waals surface area contributed by atoms with Crippen LogP contribution in [0.1, 0.15) is 12.5 Å². The minimum atomic E-state index is -1.08. The van der Waals surface area contributed by atoms with Crippen LogP contribution >= 0.6 is 15.9 Å². The van der Waals surface area contributed by atoms with Crippen molar-refractivity contribution in [1.82, 2.24) is 0 Å². The molecular weight excluding hydrogens is 251 g/mol. The van der Waals surface area contributed by atoms with Gasteiger partial charge in [0.1, 0.15) is 5.82 Å². The molecule has 1 aromatic rings. The molecule has 0 spiro atoms. The monoisotopic (exact) mass is 258 g/mol. The van der Waals surface area contributed by atoms with Crippen LogP contribution in [0.15, 0.2) is 28.7 Å². The number of allylic oxidation sites excluding steroid dienone is 1. The molecule has 74 valence electrons. The summed E-state index contributed by atoms with van der Waals surface area (Å²) in [6.45, 7) is 1.56. The van der Waals surface area contributed by atoms with Crippen LogP contribution in [0.25, 0.3) is 5.57 Å². The van der Waals surface area contributed by atoms with E-state index in [4.69, 9.17) is 5.11 Å². The highest BCUT2D eigenvalue weighted by molar-refractivity contribution is 9.10. The average Bonchev–Trinajstić information content (AvgIpc) is 2.01. The molecule has 0 aliphatic carbocycles. The maximum absolute atomic E-state index is 13.3. The fraction of sp³-hybridized carbons (Fsp3) is 0.100. The van der Waals surface area contributed by atoms with Crippen molar-refractivity contribution in [2.75, 3.05) is 0 Å². The summed E-state index contributed by atoms with van der Waals surface area (Å²) >= 11 is 3.12. The second kappa shape index (κ2) is 4.37. The summed E-state index contributed by atoms with van der Waals surface area (Å²) < 4.78 is 13.9. The van der Waals surface area contributed by atoms with Gasteiger partial charge in [-0.25, -0.2) is 9.18 Å². The van der Waals surface area contributed by atoms with Crippen LogP contribution in [-0.4, -0.2) is 11.1 Å². The van der Waals surface area contributed by atoms with Gasteiger partial charge >= 0.3 is 5.97 Å². The van der Waals surface area contributed by atoms with Gasteiger partial charge in [0.25, 0.3) is 0 Å². The Labute approximate surface area is 89.2 Å². The number of carboxylic acid groups (broad SMARTS) is 1. The summed E-state index contributed by atoms with van der Waals surface area (Å²) in [6, 6.07) is 4.50. The zero-order chi connectivity index (χ0) is 10.7. The van der Waals surface area contributed by atoms with Gasteiger partial charge in [-0.1, -0.05) is 22.0 Å². The van der Waals surface area contributed by atoms with Crippen LogP contribution in [0.4, 0.5) is 4.39 Å². The summed E-state index contributed by atoms with van der Waals surface area (Å²) in [5.41, 5.74) is 0.693. The van der Waals surface area contributed by atoms with Crippen molar-refractivity contribution < 1.29 is 14.3 Å². The molecule has 0 heterocycles.